The van der Waals surface area contributed by atoms with E-state index in [2.05, 4.69) is 13.5 Å². The lowest BCUT2D eigenvalue weighted by Crippen LogP contribution is -2.13. The summed E-state index contributed by atoms with van der Waals surface area (Å²) in [5, 5.41) is 0. The van der Waals surface area contributed by atoms with Crippen molar-refractivity contribution >= 4 is 5.97 Å². The van der Waals surface area contributed by atoms with E-state index >= 15 is 0 Å². The van der Waals surface area contributed by atoms with Gasteiger partial charge in [-0.3, -0.25) is 0 Å². The Morgan fingerprint density at radius 1 is 1.11 bits per heavy atom. The molecule has 110 valence electrons. The normalized spacial score (nSPS) is 23.1. The zero-order valence-electron chi connectivity index (χ0n) is 12.7. The van der Waals surface area contributed by atoms with Gasteiger partial charge in [-0.15, -0.1) is 0 Å². The van der Waals surface area contributed by atoms with Gasteiger partial charge in [0.1, 0.15) is 0 Å². The Hall–Kier alpha value is -0.790. The van der Waals surface area contributed by atoms with Gasteiger partial charge < -0.3 is 4.74 Å². The van der Waals surface area contributed by atoms with E-state index < -0.39 is 0 Å². The molecule has 0 saturated heterocycles. The topological polar surface area (TPSA) is 26.3 Å². The van der Waals surface area contributed by atoms with Crippen LogP contribution in [0.15, 0.2) is 12.2 Å². The molecule has 0 bridgehead atoms. The van der Waals surface area contributed by atoms with E-state index in [0.29, 0.717) is 12.2 Å². The number of carbonyl (C=O) groups excluding carboxylic acids is 1. The number of rotatable bonds is 8. The summed E-state index contributed by atoms with van der Waals surface area (Å²) in [6.45, 7) is 8.13. The molecule has 19 heavy (non-hydrogen) atoms. The van der Waals surface area contributed by atoms with Gasteiger partial charge in [0.05, 0.1) is 6.61 Å². The Bertz CT molecular complexity index is 275. The fourth-order valence-electron chi connectivity index (χ4n) is 2.93. The van der Waals surface area contributed by atoms with Gasteiger partial charge >= 0.3 is 5.97 Å². The SMILES string of the molecule is C=C(C)C(=O)OCCCCCC1CCC(CC)CC1. The number of carbonyl (C=O) groups is 1. The van der Waals surface area contributed by atoms with Crippen molar-refractivity contribution in [3.63, 3.8) is 0 Å². The molecule has 1 fully saturated rings. The van der Waals surface area contributed by atoms with E-state index in [1.54, 1.807) is 6.92 Å². The van der Waals surface area contributed by atoms with Crippen LogP contribution in [0.3, 0.4) is 0 Å². The molecule has 0 atom stereocenters. The molecule has 1 saturated carbocycles. The van der Waals surface area contributed by atoms with Crippen LogP contribution in [0.4, 0.5) is 0 Å². The van der Waals surface area contributed by atoms with Crippen LogP contribution < -0.4 is 0 Å². The average Bonchev–Trinajstić information content (AvgIpc) is 2.42. The molecule has 1 aliphatic carbocycles. The second-order valence-electron chi connectivity index (χ2n) is 6.06. The van der Waals surface area contributed by atoms with E-state index in [-0.39, 0.29) is 5.97 Å². The van der Waals surface area contributed by atoms with Gasteiger partial charge in [0, 0.05) is 5.57 Å². The summed E-state index contributed by atoms with van der Waals surface area (Å²) in [5.41, 5.74) is 0.493. The Labute approximate surface area is 118 Å². The fourth-order valence-corrected chi connectivity index (χ4v) is 2.93. The third kappa shape index (κ3) is 6.79. The Kier molecular flexibility index (Phi) is 7.85. The highest BCUT2D eigenvalue weighted by Gasteiger charge is 2.19. The maximum absolute atomic E-state index is 11.2. The number of ether oxygens (including phenoxy) is 1. The van der Waals surface area contributed by atoms with Crippen LogP contribution in [0.2, 0.25) is 0 Å². The first-order valence-corrected chi connectivity index (χ1v) is 7.96. The summed E-state index contributed by atoms with van der Waals surface area (Å²) in [7, 11) is 0. The molecule has 0 unspecified atom stereocenters. The highest BCUT2D eigenvalue weighted by Crippen LogP contribution is 2.33. The first-order valence-electron chi connectivity index (χ1n) is 7.96. The highest BCUT2D eigenvalue weighted by molar-refractivity contribution is 5.86. The van der Waals surface area contributed by atoms with Gasteiger partial charge in [-0.1, -0.05) is 64.9 Å². The molecule has 0 heterocycles. The van der Waals surface area contributed by atoms with Gasteiger partial charge in [0.25, 0.3) is 0 Å². The minimum Gasteiger partial charge on any atom is -0.462 e. The first-order chi connectivity index (χ1) is 9.13. The van der Waals surface area contributed by atoms with E-state index in [1.807, 2.05) is 0 Å². The highest BCUT2D eigenvalue weighted by atomic mass is 16.5. The Morgan fingerprint density at radius 2 is 1.74 bits per heavy atom. The molecule has 1 aliphatic rings. The summed E-state index contributed by atoms with van der Waals surface area (Å²) in [5.74, 6) is 1.71. The molecule has 0 aromatic carbocycles. The first kappa shape index (κ1) is 16.3. The van der Waals surface area contributed by atoms with Gasteiger partial charge in [0.2, 0.25) is 0 Å². The molecule has 0 N–H and O–H groups in total. The van der Waals surface area contributed by atoms with Crippen molar-refractivity contribution < 1.29 is 9.53 Å². The lowest BCUT2D eigenvalue weighted by atomic mass is 9.79. The third-order valence-corrected chi connectivity index (χ3v) is 4.38. The van der Waals surface area contributed by atoms with Crippen LogP contribution in [-0.2, 0) is 9.53 Å². The van der Waals surface area contributed by atoms with Crippen molar-refractivity contribution in [3.8, 4) is 0 Å². The average molecular weight is 266 g/mol. The minimum atomic E-state index is -0.252. The van der Waals surface area contributed by atoms with Crippen molar-refractivity contribution in [2.45, 2.75) is 71.6 Å². The summed E-state index contributed by atoms with van der Waals surface area (Å²) in [6, 6.07) is 0. The van der Waals surface area contributed by atoms with E-state index in [4.69, 9.17) is 4.74 Å². The van der Waals surface area contributed by atoms with E-state index in [1.165, 1.54) is 51.4 Å². The van der Waals surface area contributed by atoms with Gasteiger partial charge in [-0.05, 0) is 25.2 Å². The summed E-state index contributed by atoms with van der Waals surface area (Å²) >= 11 is 0. The van der Waals surface area contributed by atoms with Crippen molar-refractivity contribution in [1.29, 1.82) is 0 Å². The van der Waals surface area contributed by atoms with E-state index in [9.17, 15) is 4.79 Å². The molecular weight excluding hydrogens is 236 g/mol. The Morgan fingerprint density at radius 3 is 2.32 bits per heavy atom. The van der Waals surface area contributed by atoms with Crippen LogP contribution >= 0.6 is 0 Å². The zero-order valence-corrected chi connectivity index (χ0v) is 12.7. The fraction of sp³-hybridized carbons (Fsp3) is 0.824. The molecule has 0 amide bonds. The van der Waals surface area contributed by atoms with Crippen molar-refractivity contribution in [3.05, 3.63) is 12.2 Å². The maximum Gasteiger partial charge on any atom is 0.333 e. The predicted molar refractivity (Wildman–Crippen MR) is 80.0 cm³/mol. The summed E-state index contributed by atoms with van der Waals surface area (Å²) in [4.78, 5) is 11.2. The number of unbranched alkanes of at least 4 members (excludes halogenated alkanes) is 2. The number of hydrogen-bond donors (Lipinski definition) is 0. The molecule has 2 nitrogen and oxygen atoms in total. The molecule has 0 radical (unpaired) electrons. The molecule has 0 aromatic heterocycles. The molecule has 0 spiro atoms. The number of hydrogen-bond acceptors (Lipinski definition) is 2. The summed E-state index contributed by atoms with van der Waals surface area (Å²) < 4.78 is 5.09. The predicted octanol–water partition coefficient (Wildman–Crippen LogP) is 4.88. The van der Waals surface area contributed by atoms with Gasteiger partial charge in [-0.2, -0.15) is 0 Å². The zero-order chi connectivity index (χ0) is 14.1. The third-order valence-electron chi connectivity index (χ3n) is 4.38. The van der Waals surface area contributed by atoms with Gasteiger partial charge in [-0.25, -0.2) is 4.79 Å². The Balaban J connectivity index is 1.94. The van der Waals surface area contributed by atoms with Crippen molar-refractivity contribution in [1.82, 2.24) is 0 Å². The van der Waals surface area contributed by atoms with E-state index in [0.717, 1.165) is 18.3 Å². The second-order valence-corrected chi connectivity index (χ2v) is 6.06. The monoisotopic (exact) mass is 266 g/mol. The van der Waals surface area contributed by atoms with Crippen LogP contribution in [0.5, 0.6) is 0 Å². The van der Waals surface area contributed by atoms with Crippen LogP contribution in [0.1, 0.15) is 71.6 Å². The van der Waals surface area contributed by atoms with Gasteiger partial charge in [0.15, 0.2) is 0 Å². The summed E-state index contributed by atoms with van der Waals surface area (Å²) in [6.07, 6.45) is 11.9. The van der Waals surface area contributed by atoms with Crippen LogP contribution in [-0.4, -0.2) is 12.6 Å². The maximum atomic E-state index is 11.2. The van der Waals surface area contributed by atoms with Crippen molar-refractivity contribution in [2.75, 3.05) is 6.61 Å². The quantitative estimate of drug-likeness (QED) is 0.355. The molecule has 2 heteroatoms. The lowest BCUT2D eigenvalue weighted by Gasteiger charge is -2.27. The van der Waals surface area contributed by atoms with Crippen LogP contribution in [0.25, 0.3) is 0 Å². The lowest BCUT2D eigenvalue weighted by molar-refractivity contribution is -0.139. The molecule has 0 aromatic rings. The smallest absolute Gasteiger partial charge is 0.333 e. The largest absolute Gasteiger partial charge is 0.462 e. The van der Waals surface area contributed by atoms with Crippen LogP contribution in [0, 0.1) is 11.8 Å². The standard InChI is InChI=1S/C17H30O2/c1-4-15-9-11-16(12-10-15)8-6-5-7-13-19-17(18)14(2)3/h15-16H,2,4-13H2,1,3H3. The molecule has 0 aliphatic heterocycles. The number of esters is 1. The molecule has 1 rings (SSSR count). The molecular formula is C17H30O2. The minimum absolute atomic E-state index is 0.252. The second kappa shape index (κ2) is 9.17. The van der Waals surface area contributed by atoms with Crippen molar-refractivity contribution in [2.24, 2.45) is 11.8 Å².